The van der Waals surface area contributed by atoms with Crippen LogP contribution in [-0.4, -0.2) is 10.1 Å². The number of aliphatic hydroxyl groups excluding tert-OH is 1. The number of benzene rings is 1. The van der Waals surface area contributed by atoms with Gasteiger partial charge in [0.15, 0.2) is 0 Å². The van der Waals surface area contributed by atoms with Crippen LogP contribution in [0.3, 0.4) is 0 Å². The molecule has 6 heteroatoms. The highest BCUT2D eigenvalue weighted by Crippen LogP contribution is 2.36. The van der Waals surface area contributed by atoms with Gasteiger partial charge >= 0.3 is 6.18 Å². The maximum absolute atomic E-state index is 13.8. The Morgan fingerprint density at radius 3 is 2.45 bits per heavy atom. The van der Waals surface area contributed by atoms with Crippen molar-refractivity contribution >= 4 is 0 Å². The van der Waals surface area contributed by atoms with Crippen LogP contribution in [0.2, 0.25) is 0 Å². The predicted molar refractivity (Wildman–Crippen MR) is 64.4 cm³/mol. The standard InChI is InChI=1S/C14H11F4NO/c1-8-2-3-9(12(15)6-8)13(20)10-7-19-5-4-11(10)14(16,17)18/h2-7,13,20H,1H3. The van der Waals surface area contributed by atoms with Gasteiger partial charge in [0.2, 0.25) is 0 Å². The summed E-state index contributed by atoms with van der Waals surface area (Å²) in [6.07, 6.45) is -4.49. The zero-order valence-electron chi connectivity index (χ0n) is 10.4. The quantitative estimate of drug-likeness (QED) is 0.855. The smallest absolute Gasteiger partial charge is 0.383 e. The Kier molecular flexibility index (Phi) is 3.76. The second-order valence-electron chi connectivity index (χ2n) is 4.39. The number of aryl methyl sites for hydroxylation is 1. The van der Waals surface area contributed by atoms with E-state index in [0.717, 1.165) is 24.5 Å². The van der Waals surface area contributed by atoms with Crippen molar-refractivity contribution in [1.29, 1.82) is 0 Å². The first-order valence-electron chi connectivity index (χ1n) is 5.76. The van der Waals surface area contributed by atoms with E-state index in [1.54, 1.807) is 6.92 Å². The van der Waals surface area contributed by atoms with Crippen molar-refractivity contribution < 1.29 is 22.7 Å². The third-order valence-electron chi connectivity index (χ3n) is 2.90. The topological polar surface area (TPSA) is 33.1 Å². The first kappa shape index (κ1) is 14.5. The van der Waals surface area contributed by atoms with Crippen LogP contribution in [0.25, 0.3) is 0 Å². The van der Waals surface area contributed by atoms with Gasteiger partial charge in [0.05, 0.1) is 5.56 Å². The number of aromatic nitrogens is 1. The van der Waals surface area contributed by atoms with Crippen molar-refractivity contribution in [3.05, 3.63) is 64.7 Å². The van der Waals surface area contributed by atoms with Gasteiger partial charge in [-0.3, -0.25) is 4.98 Å². The lowest BCUT2D eigenvalue weighted by molar-refractivity contribution is -0.139. The summed E-state index contributed by atoms with van der Waals surface area (Å²) in [5, 5.41) is 10.0. The minimum atomic E-state index is -4.64. The van der Waals surface area contributed by atoms with E-state index in [1.807, 2.05) is 0 Å². The van der Waals surface area contributed by atoms with Gasteiger partial charge in [0, 0.05) is 23.5 Å². The molecule has 0 aliphatic heterocycles. The van der Waals surface area contributed by atoms with Gasteiger partial charge in [0.25, 0.3) is 0 Å². The van der Waals surface area contributed by atoms with Crippen molar-refractivity contribution in [2.75, 3.05) is 0 Å². The Labute approximate surface area is 112 Å². The van der Waals surface area contributed by atoms with Crippen LogP contribution in [0, 0.1) is 12.7 Å². The molecule has 2 aromatic rings. The number of pyridine rings is 1. The minimum Gasteiger partial charge on any atom is -0.383 e. The van der Waals surface area contributed by atoms with E-state index < -0.39 is 29.2 Å². The molecule has 0 radical (unpaired) electrons. The normalized spacial score (nSPS) is 13.3. The van der Waals surface area contributed by atoms with Crippen LogP contribution in [0.4, 0.5) is 17.6 Å². The van der Waals surface area contributed by atoms with Crippen molar-refractivity contribution in [2.24, 2.45) is 0 Å². The summed E-state index contributed by atoms with van der Waals surface area (Å²) in [4.78, 5) is 3.57. The molecule has 1 heterocycles. The molecule has 1 aromatic carbocycles. The van der Waals surface area contributed by atoms with Gasteiger partial charge in [-0.1, -0.05) is 12.1 Å². The third-order valence-corrected chi connectivity index (χ3v) is 2.90. The van der Waals surface area contributed by atoms with Gasteiger partial charge in [-0.05, 0) is 24.6 Å². The summed E-state index contributed by atoms with van der Waals surface area (Å²) in [5.74, 6) is -0.755. The molecular weight excluding hydrogens is 274 g/mol. The van der Waals surface area contributed by atoms with E-state index in [4.69, 9.17) is 0 Å². The molecule has 0 amide bonds. The van der Waals surface area contributed by atoms with E-state index in [1.165, 1.54) is 12.1 Å². The van der Waals surface area contributed by atoms with Crippen LogP contribution in [0.15, 0.2) is 36.7 Å². The number of halogens is 4. The van der Waals surface area contributed by atoms with Gasteiger partial charge in [-0.25, -0.2) is 4.39 Å². The fourth-order valence-corrected chi connectivity index (χ4v) is 1.90. The maximum Gasteiger partial charge on any atom is 0.416 e. The highest BCUT2D eigenvalue weighted by atomic mass is 19.4. The van der Waals surface area contributed by atoms with Crippen LogP contribution in [0.5, 0.6) is 0 Å². The molecule has 0 aliphatic rings. The molecule has 0 saturated heterocycles. The number of alkyl halides is 3. The summed E-state index contributed by atoms with van der Waals surface area (Å²) in [5.41, 5.74) is -1.10. The Morgan fingerprint density at radius 1 is 1.15 bits per heavy atom. The minimum absolute atomic E-state index is 0.214. The first-order valence-corrected chi connectivity index (χ1v) is 5.76. The number of nitrogens with zero attached hydrogens (tertiary/aromatic N) is 1. The summed E-state index contributed by atoms with van der Waals surface area (Å²) < 4.78 is 52.3. The summed E-state index contributed by atoms with van der Waals surface area (Å²) in [6.45, 7) is 1.64. The monoisotopic (exact) mass is 285 g/mol. The fourth-order valence-electron chi connectivity index (χ4n) is 1.90. The highest BCUT2D eigenvalue weighted by molar-refractivity contribution is 5.37. The van der Waals surface area contributed by atoms with Crippen molar-refractivity contribution in [3.8, 4) is 0 Å². The summed E-state index contributed by atoms with van der Waals surface area (Å²) in [6, 6.07) is 4.70. The molecule has 106 valence electrons. The molecule has 0 saturated carbocycles. The molecule has 1 unspecified atom stereocenters. The molecule has 2 rings (SSSR count). The largest absolute Gasteiger partial charge is 0.416 e. The first-order chi connectivity index (χ1) is 9.30. The lowest BCUT2D eigenvalue weighted by Crippen LogP contribution is -2.14. The Hall–Kier alpha value is -1.95. The Balaban J connectivity index is 2.51. The SMILES string of the molecule is Cc1ccc(C(O)c2cnccc2C(F)(F)F)c(F)c1. The van der Waals surface area contributed by atoms with Crippen LogP contribution >= 0.6 is 0 Å². The average Bonchev–Trinajstić information content (AvgIpc) is 2.37. The third kappa shape index (κ3) is 2.80. The van der Waals surface area contributed by atoms with E-state index in [0.29, 0.717) is 5.56 Å². The molecule has 1 N–H and O–H groups in total. The molecule has 0 spiro atoms. The van der Waals surface area contributed by atoms with Crippen molar-refractivity contribution in [3.63, 3.8) is 0 Å². The van der Waals surface area contributed by atoms with Crippen LogP contribution in [0.1, 0.15) is 28.4 Å². The summed E-state index contributed by atoms with van der Waals surface area (Å²) >= 11 is 0. The van der Waals surface area contributed by atoms with Crippen molar-refractivity contribution in [1.82, 2.24) is 4.98 Å². The lowest BCUT2D eigenvalue weighted by atomic mass is 9.97. The number of hydrogen-bond donors (Lipinski definition) is 1. The zero-order valence-corrected chi connectivity index (χ0v) is 10.4. The van der Waals surface area contributed by atoms with E-state index >= 15 is 0 Å². The lowest BCUT2D eigenvalue weighted by Gasteiger charge is -2.17. The number of aliphatic hydroxyl groups is 1. The second kappa shape index (κ2) is 5.20. The molecular formula is C14H11F4NO. The number of hydrogen-bond acceptors (Lipinski definition) is 2. The van der Waals surface area contributed by atoms with Gasteiger partial charge in [-0.15, -0.1) is 0 Å². The molecule has 0 bridgehead atoms. The molecule has 2 nitrogen and oxygen atoms in total. The summed E-state index contributed by atoms with van der Waals surface area (Å²) in [7, 11) is 0. The molecule has 1 atom stereocenters. The van der Waals surface area contributed by atoms with Gasteiger partial charge < -0.3 is 5.11 Å². The highest BCUT2D eigenvalue weighted by Gasteiger charge is 2.35. The Bertz CT molecular complexity index is 625. The van der Waals surface area contributed by atoms with Gasteiger partial charge in [-0.2, -0.15) is 13.2 Å². The fraction of sp³-hybridized carbons (Fsp3) is 0.214. The maximum atomic E-state index is 13.8. The molecule has 0 aliphatic carbocycles. The number of rotatable bonds is 2. The second-order valence-corrected chi connectivity index (χ2v) is 4.39. The van der Waals surface area contributed by atoms with E-state index in [-0.39, 0.29) is 5.56 Å². The average molecular weight is 285 g/mol. The van der Waals surface area contributed by atoms with Crippen LogP contribution in [-0.2, 0) is 6.18 Å². The predicted octanol–water partition coefficient (Wildman–Crippen LogP) is 3.63. The Morgan fingerprint density at radius 2 is 1.85 bits per heavy atom. The van der Waals surface area contributed by atoms with Gasteiger partial charge in [0.1, 0.15) is 11.9 Å². The zero-order chi connectivity index (χ0) is 14.9. The van der Waals surface area contributed by atoms with Crippen molar-refractivity contribution in [2.45, 2.75) is 19.2 Å². The molecule has 20 heavy (non-hydrogen) atoms. The van der Waals surface area contributed by atoms with E-state index in [9.17, 15) is 22.7 Å². The molecule has 1 aromatic heterocycles. The van der Waals surface area contributed by atoms with E-state index in [2.05, 4.69) is 4.98 Å². The molecule has 0 fully saturated rings. The van der Waals surface area contributed by atoms with Crippen LogP contribution < -0.4 is 0 Å².